The number of benzene rings is 1. The number of nitrogens with zero attached hydrogens (tertiary/aromatic N) is 3. The molecular weight excluding hydrogens is 360 g/mol. The molecule has 6 nitrogen and oxygen atoms in total. The number of urea groups is 1. The molecule has 0 saturated carbocycles. The van der Waals surface area contributed by atoms with Gasteiger partial charge in [-0.2, -0.15) is 0 Å². The molecule has 0 bridgehead atoms. The number of rotatable bonds is 5. The lowest BCUT2D eigenvalue weighted by molar-refractivity contribution is -0.136. The summed E-state index contributed by atoms with van der Waals surface area (Å²) in [6, 6.07) is 7.95. The minimum Gasteiger partial charge on any atom is -0.339 e. The highest BCUT2D eigenvalue weighted by Crippen LogP contribution is 2.24. The van der Waals surface area contributed by atoms with Gasteiger partial charge in [0.15, 0.2) is 0 Å². The Kier molecular flexibility index (Phi) is 6.31. The number of likely N-dealkylation sites (tertiary alicyclic amines) is 1. The number of piperidine rings is 1. The minimum absolute atomic E-state index is 0.0602. The molecule has 1 aliphatic heterocycles. The maximum absolute atomic E-state index is 12.9. The van der Waals surface area contributed by atoms with E-state index in [4.69, 9.17) is 0 Å². The molecule has 1 aliphatic rings. The average molecular weight is 389 g/mol. The fourth-order valence-corrected chi connectivity index (χ4v) is 4.37. The van der Waals surface area contributed by atoms with Crippen LogP contribution in [0.5, 0.6) is 0 Å². The van der Waals surface area contributed by atoms with Crippen molar-refractivity contribution in [2.75, 3.05) is 26.7 Å². The first-order valence-electron chi connectivity index (χ1n) is 9.56. The zero-order valence-corrected chi connectivity index (χ0v) is 17.1. The highest BCUT2D eigenvalue weighted by molar-refractivity contribution is 7.18. The molecule has 0 aliphatic carbocycles. The van der Waals surface area contributed by atoms with E-state index >= 15 is 0 Å². The van der Waals surface area contributed by atoms with Gasteiger partial charge in [0.2, 0.25) is 5.91 Å². The summed E-state index contributed by atoms with van der Waals surface area (Å²) in [5, 5.41) is 3.89. The highest BCUT2D eigenvalue weighted by Gasteiger charge is 2.30. The van der Waals surface area contributed by atoms with Crippen LogP contribution in [0, 0.1) is 11.8 Å². The smallest absolute Gasteiger partial charge is 0.317 e. The molecule has 1 atom stereocenters. The van der Waals surface area contributed by atoms with Crippen LogP contribution in [-0.4, -0.2) is 53.4 Å². The standard InChI is InChI=1S/C20H28N4O2S/c1-14(2)11-21-20(26)24-10-6-7-15(12-24)19(25)23(3)13-18-22-16-8-4-5-9-17(16)27-18/h4-5,8-9,14-15H,6-7,10-13H2,1-3H3,(H,21,26)/t15-/m1/s1. The maximum atomic E-state index is 12.9. The molecule has 1 aromatic heterocycles. The molecule has 1 aromatic carbocycles. The molecule has 0 unspecified atom stereocenters. The van der Waals surface area contributed by atoms with Gasteiger partial charge in [-0.1, -0.05) is 26.0 Å². The van der Waals surface area contributed by atoms with Crippen molar-refractivity contribution in [3.05, 3.63) is 29.3 Å². The molecule has 0 spiro atoms. The van der Waals surface area contributed by atoms with Crippen molar-refractivity contribution in [1.29, 1.82) is 0 Å². The molecule has 27 heavy (non-hydrogen) atoms. The Balaban J connectivity index is 1.57. The van der Waals surface area contributed by atoms with Gasteiger partial charge >= 0.3 is 6.03 Å². The number of nitrogens with one attached hydrogen (secondary N) is 1. The summed E-state index contributed by atoms with van der Waals surface area (Å²) in [6.07, 6.45) is 1.69. The summed E-state index contributed by atoms with van der Waals surface area (Å²) in [6.45, 7) is 6.52. The van der Waals surface area contributed by atoms with Gasteiger partial charge in [-0.3, -0.25) is 4.79 Å². The second-order valence-corrected chi connectivity index (χ2v) is 8.75. The third-order valence-corrected chi connectivity index (χ3v) is 5.83. The lowest BCUT2D eigenvalue weighted by Gasteiger charge is -2.34. The molecule has 1 saturated heterocycles. The van der Waals surface area contributed by atoms with Crippen molar-refractivity contribution >= 4 is 33.5 Å². The molecule has 2 aromatic rings. The van der Waals surface area contributed by atoms with Gasteiger partial charge < -0.3 is 15.1 Å². The molecule has 3 rings (SSSR count). The third-order valence-electron chi connectivity index (χ3n) is 4.81. The number of amides is 3. The zero-order valence-electron chi connectivity index (χ0n) is 16.3. The first kappa shape index (κ1) is 19.6. The van der Waals surface area contributed by atoms with Gasteiger partial charge in [-0.25, -0.2) is 9.78 Å². The second-order valence-electron chi connectivity index (χ2n) is 7.63. The van der Waals surface area contributed by atoms with Crippen molar-refractivity contribution in [1.82, 2.24) is 20.1 Å². The van der Waals surface area contributed by atoms with Crippen LogP contribution in [0.1, 0.15) is 31.7 Å². The lowest BCUT2D eigenvalue weighted by Crippen LogP contribution is -2.49. The number of para-hydroxylation sites is 1. The van der Waals surface area contributed by atoms with Crippen molar-refractivity contribution in [3.8, 4) is 0 Å². The Morgan fingerprint density at radius 2 is 2.15 bits per heavy atom. The van der Waals surface area contributed by atoms with Crippen LogP contribution in [0.25, 0.3) is 10.2 Å². The number of carbonyl (C=O) groups excluding carboxylic acids is 2. The Hall–Kier alpha value is -2.15. The van der Waals surface area contributed by atoms with Crippen LogP contribution >= 0.6 is 11.3 Å². The van der Waals surface area contributed by atoms with E-state index in [1.807, 2.05) is 31.3 Å². The summed E-state index contributed by atoms with van der Waals surface area (Å²) in [5.41, 5.74) is 0.976. The summed E-state index contributed by atoms with van der Waals surface area (Å²) in [4.78, 5) is 33.3. The Morgan fingerprint density at radius 3 is 2.89 bits per heavy atom. The average Bonchev–Trinajstić information content (AvgIpc) is 3.07. The van der Waals surface area contributed by atoms with Gasteiger partial charge in [0.1, 0.15) is 5.01 Å². The van der Waals surface area contributed by atoms with Crippen molar-refractivity contribution in [2.45, 2.75) is 33.2 Å². The number of hydrogen-bond acceptors (Lipinski definition) is 4. The summed E-state index contributed by atoms with van der Waals surface area (Å²) >= 11 is 1.62. The number of carbonyl (C=O) groups is 2. The Bertz CT molecular complexity index is 771. The Labute approximate surface area is 164 Å². The van der Waals surface area contributed by atoms with E-state index in [0.29, 0.717) is 25.6 Å². The van der Waals surface area contributed by atoms with E-state index in [1.165, 1.54) is 0 Å². The van der Waals surface area contributed by atoms with Gasteiger partial charge in [-0.15, -0.1) is 11.3 Å². The van der Waals surface area contributed by atoms with Crippen LogP contribution in [-0.2, 0) is 11.3 Å². The van der Waals surface area contributed by atoms with Gasteiger partial charge in [-0.05, 0) is 30.9 Å². The topological polar surface area (TPSA) is 65.5 Å². The normalized spacial score (nSPS) is 17.3. The molecule has 7 heteroatoms. The van der Waals surface area contributed by atoms with Crippen molar-refractivity contribution in [2.24, 2.45) is 11.8 Å². The Morgan fingerprint density at radius 1 is 1.37 bits per heavy atom. The molecule has 1 fully saturated rings. The lowest BCUT2D eigenvalue weighted by atomic mass is 9.97. The van der Waals surface area contributed by atoms with Crippen LogP contribution in [0.15, 0.2) is 24.3 Å². The summed E-state index contributed by atoms with van der Waals surface area (Å²) in [5.74, 6) is 0.370. The van der Waals surface area contributed by atoms with E-state index in [1.54, 1.807) is 21.1 Å². The third kappa shape index (κ3) is 4.97. The molecular formula is C20H28N4O2S. The fourth-order valence-electron chi connectivity index (χ4n) is 3.35. The molecule has 2 heterocycles. The van der Waals surface area contributed by atoms with E-state index in [-0.39, 0.29) is 17.9 Å². The summed E-state index contributed by atoms with van der Waals surface area (Å²) in [7, 11) is 1.83. The van der Waals surface area contributed by atoms with Gasteiger partial charge in [0, 0.05) is 26.7 Å². The van der Waals surface area contributed by atoms with E-state index < -0.39 is 0 Å². The molecule has 1 N–H and O–H groups in total. The number of fused-ring (bicyclic) bond motifs is 1. The maximum Gasteiger partial charge on any atom is 0.317 e. The van der Waals surface area contributed by atoms with Crippen LogP contribution < -0.4 is 5.32 Å². The fraction of sp³-hybridized carbons (Fsp3) is 0.550. The number of aromatic nitrogens is 1. The minimum atomic E-state index is -0.136. The van der Waals surface area contributed by atoms with Crippen molar-refractivity contribution in [3.63, 3.8) is 0 Å². The van der Waals surface area contributed by atoms with Gasteiger partial charge in [0.25, 0.3) is 0 Å². The van der Waals surface area contributed by atoms with Crippen LogP contribution in [0.3, 0.4) is 0 Å². The van der Waals surface area contributed by atoms with Gasteiger partial charge in [0.05, 0.1) is 22.7 Å². The largest absolute Gasteiger partial charge is 0.339 e. The van der Waals surface area contributed by atoms with E-state index in [0.717, 1.165) is 34.6 Å². The molecule has 3 amide bonds. The van der Waals surface area contributed by atoms with Crippen LogP contribution in [0.4, 0.5) is 4.79 Å². The predicted octanol–water partition coefficient (Wildman–Crippen LogP) is 3.33. The van der Waals surface area contributed by atoms with Crippen LogP contribution in [0.2, 0.25) is 0 Å². The van der Waals surface area contributed by atoms with Crippen molar-refractivity contribution < 1.29 is 9.59 Å². The second kappa shape index (κ2) is 8.69. The van der Waals surface area contributed by atoms with E-state index in [2.05, 4.69) is 24.1 Å². The SMILES string of the molecule is CC(C)CNC(=O)N1CCC[C@@H](C(=O)N(C)Cc2nc3ccccc3s2)C1. The zero-order chi connectivity index (χ0) is 19.4. The first-order chi connectivity index (χ1) is 12.9. The highest BCUT2D eigenvalue weighted by atomic mass is 32.1. The number of hydrogen-bond donors (Lipinski definition) is 1. The quantitative estimate of drug-likeness (QED) is 0.854. The molecule has 146 valence electrons. The number of thiazole rings is 1. The predicted molar refractivity (Wildman–Crippen MR) is 109 cm³/mol. The molecule has 0 radical (unpaired) electrons. The van der Waals surface area contributed by atoms with E-state index in [9.17, 15) is 9.59 Å². The first-order valence-corrected chi connectivity index (χ1v) is 10.4. The monoisotopic (exact) mass is 388 g/mol. The summed E-state index contributed by atoms with van der Waals surface area (Å²) < 4.78 is 1.14.